The Morgan fingerprint density at radius 2 is 2.07 bits per heavy atom. The normalized spacial score (nSPS) is 25.0. The largest absolute Gasteiger partial charge is 0.491 e. The van der Waals surface area contributed by atoms with E-state index in [-0.39, 0.29) is 18.2 Å². The number of rotatable bonds is 4. The van der Waals surface area contributed by atoms with E-state index < -0.39 is 6.18 Å². The van der Waals surface area contributed by atoms with Gasteiger partial charge in [-0.25, -0.2) is 0 Å². The van der Waals surface area contributed by atoms with E-state index in [1.807, 2.05) is 24.3 Å². The molecule has 2 aliphatic heterocycles. The SMILES string of the molecule is C[C@H]1CCN([C@H]2COc3ccccc3[C@@H]2Nc2ccncc2C=CC(F)(F)F)C1. The van der Waals surface area contributed by atoms with Crippen LogP contribution in [0.25, 0.3) is 6.08 Å². The van der Waals surface area contributed by atoms with Gasteiger partial charge in [0.25, 0.3) is 0 Å². The van der Waals surface area contributed by atoms with Crippen molar-refractivity contribution in [3.8, 4) is 5.75 Å². The van der Waals surface area contributed by atoms with Gasteiger partial charge in [0.15, 0.2) is 0 Å². The third-order valence-corrected chi connectivity index (χ3v) is 5.59. The first-order chi connectivity index (χ1) is 13.9. The van der Waals surface area contributed by atoms with Gasteiger partial charge in [0.2, 0.25) is 0 Å². The Morgan fingerprint density at radius 1 is 1.24 bits per heavy atom. The molecule has 4 nitrogen and oxygen atoms in total. The minimum absolute atomic E-state index is 0.0920. The number of aromatic nitrogens is 1. The van der Waals surface area contributed by atoms with E-state index in [9.17, 15) is 13.2 Å². The summed E-state index contributed by atoms with van der Waals surface area (Å²) in [6, 6.07) is 9.57. The molecule has 1 saturated heterocycles. The Hall–Kier alpha value is -2.54. The van der Waals surface area contributed by atoms with Crippen LogP contribution < -0.4 is 10.1 Å². The van der Waals surface area contributed by atoms with Gasteiger partial charge in [0.05, 0.1) is 12.1 Å². The molecular formula is C22H24F3N3O. The second kappa shape index (κ2) is 8.06. The minimum atomic E-state index is -4.37. The summed E-state index contributed by atoms with van der Waals surface area (Å²) in [4.78, 5) is 6.42. The molecule has 1 aromatic carbocycles. The first-order valence-corrected chi connectivity index (χ1v) is 9.83. The van der Waals surface area contributed by atoms with Gasteiger partial charge < -0.3 is 10.1 Å². The van der Waals surface area contributed by atoms with Gasteiger partial charge in [-0.1, -0.05) is 25.1 Å². The van der Waals surface area contributed by atoms with E-state index in [0.29, 0.717) is 23.8 Å². The molecule has 1 aromatic heterocycles. The average Bonchev–Trinajstić information content (AvgIpc) is 3.13. The van der Waals surface area contributed by atoms with Crippen molar-refractivity contribution < 1.29 is 17.9 Å². The van der Waals surface area contributed by atoms with E-state index in [2.05, 4.69) is 22.1 Å². The zero-order valence-corrected chi connectivity index (χ0v) is 16.2. The molecule has 2 aliphatic rings. The first-order valence-electron chi connectivity index (χ1n) is 9.83. The van der Waals surface area contributed by atoms with E-state index in [1.165, 1.54) is 6.20 Å². The first kappa shape index (κ1) is 19.8. The second-order valence-corrected chi connectivity index (χ2v) is 7.76. The highest BCUT2D eigenvalue weighted by Gasteiger charge is 2.37. The smallest absolute Gasteiger partial charge is 0.409 e. The van der Waals surface area contributed by atoms with E-state index in [0.717, 1.165) is 36.9 Å². The van der Waals surface area contributed by atoms with Gasteiger partial charge in [-0.3, -0.25) is 9.88 Å². The molecule has 1 N–H and O–H groups in total. The molecule has 154 valence electrons. The molecule has 0 unspecified atom stereocenters. The predicted molar refractivity (Wildman–Crippen MR) is 107 cm³/mol. The standard InChI is InChI=1S/C22H24F3N3O/c1-15-8-11-28(13-15)19-14-29-20-5-3-2-4-17(20)21(19)27-18-7-10-26-12-16(18)6-9-22(23,24)25/h2-7,9-10,12,15,19,21H,8,11,13-14H2,1H3,(H,26,27)/t15-,19-,21-/m0/s1. The molecule has 1 fully saturated rings. The molecule has 0 bridgehead atoms. The number of likely N-dealkylation sites (tertiary alicyclic amines) is 1. The number of anilines is 1. The van der Waals surface area contributed by atoms with Crippen LogP contribution in [0.15, 0.2) is 48.8 Å². The number of nitrogens with zero attached hydrogens (tertiary/aromatic N) is 2. The fourth-order valence-corrected chi connectivity index (χ4v) is 4.13. The lowest BCUT2D eigenvalue weighted by Crippen LogP contribution is -2.47. The van der Waals surface area contributed by atoms with Crippen LogP contribution in [0.3, 0.4) is 0 Å². The van der Waals surface area contributed by atoms with Crippen molar-refractivity contribution in [3.63, 3.8) is 0 Å². The van der Waals surface area contributed by atoms with E-state index in [1.54, 1.807) is 12.3 Å². The second-order valence-electron chi connectivity index (χ2n) is 7.76. The number of hydrogen-bond donors (Lipinski definition) is 1. The van der Waals surface area contributed by atoms with Crippen molar-refractivity contribution in [2.24, 2.45) is 5.92 Å². The lowest BCUT2D eigenvalue weighted by atomic mass is 9.94. The predicted octanol–water partition coefficient (Wildman–Crippen LogP) is 4.91. The molecule has 3 atom stereocenters. The fraction of sp³-hybridized carbons (Fsp3) is 0.409. The highest BCUT2D eigenvalue weighted by molar-refractivity contribution is 5.66. The molecule has 4 rings (SSSR count). The molecule has 0 amide bonds. The number of fused-ring (bicyclic) bond motifs is 1. The van der Waals surface area contributed by atoms with Crippen molar-refractivity contribution in [2.45, 2.75) is 31.6 Å². The zero-order valence-electron chi connectivity index (χ0n) is 16.2. The third kappa shape index (κ3) is 4.56. The number of alkyl halides is 3. The highest BCUT2D eigenvalue weighted by atomic mass is 19.4. The third-order valence-electron chi connectivity index (χ3n) is 5.59. The maximum atomic E-state index is 12.7. The molecule has 0 radical (unpaired) electrons. The highest BCUT2D eigenvalue weighted by Crippen LogP contribution is 2.38. The van der Waals surface area contributed by atoms with Crippen LogP contribution in [-0.2, 0) is 0 Å². The molecule has 0 aliphatic carbocycles. The molecule has 2 aromatic rings. The number of pyridine rings is 1. The van der Waals surface area contributed by atoms with Crippen LogP contribution in [0, 0.1) is 5.92 Å². The van der Waals surface area contributed by atoms with E-state index >= 15 is 0 Å². The van der Waals surface area contributed by atoms with E-state index in [4.69, 9.17) is 4.74 Å². The van der Waals surface area contributed by atoms with Gasteiger partial charge in [0.1, 0.15) is 12.4 Å². The number of allylic oxidation sites excluding steroid dienone is 1. The zero-order chi connectivity index (χ0) is 20.4. The maximum Gasteiger partial charge on any atom is 0.409 e. The number of halogens is 3. The van der Waals surface area contributed by atoms with Crippen molar-refractivity contribution >= 4 is 11.8 Å². The number of nitrogens with one attached hydrogen (secondary N) is 1. The quantitative estimate of drug-likeness (QED) is 0.787. The Kier molecular flexibility index (Phi) is 5.50. The molecule has 0 spiro atoms. The topological polar surface area (TPSA) is 37.4 Å². The number of benzene rings is 1. The van der Waals surface area contributed by atoms with Crippen LogP contribution >= 0.6 is 0 Å². The van der Waals surface area contributed by atoms with Crippen molar-refractivity contribution in [1.29, 1.82) is 0 Å². The molecule has 3 heterocycles. The van der Waals surface area contributed by atoms with Gasteiger partial charge in [-0.15, -0.1) is 0 Å². The Morgan fingerprint density at radius 3 is 2.83 bits per heavy atom. The van der Waals surface area contributed by atoms with Crippen LogP contribution in [0.5, 0.6) is 5.75 Å². The lowest BCUT2D eigenvalue weighted by molar-refractivity contribution is -0.0790. The number of para-hydroxylation sites is 1. The van der Waals surface area contributed by atoms with Crippen LogP contribution in [0.1, 0.15) is 30.5 Å². The van der Waals surface area contributed by atoms with Gasteiger partial charge >= 0.3 is 6.18 Å². The monoisotopic (exact) mass is 403 g/mol. The average molecular weight is 403 g/mol. The Labute approximate surface area is 168 Å². The Balaban J connectivity index is 1.67. The summed E-state index contributed by atoms with van der Waals surface area (Å²) in [6.45, 7) is 4.77. The number of ether oxygens (including phenoxy) is 1. The summed E-state index contributed by atoms with van der Waals surface area (Å²) < 4.78 is 44.1. The number of hydrogen-bond acceptors (Lipinski definition) is 4. The van der Waals surface area contributed by atoms with Crippen LogP contribution in [0.4, 0.5) is 18.9 Å². The molecule has 29 heavy (non-hydrogen) atoms. The molecule has 0 saturated carbocycles. The van der Waals surface area contributed by atoms with Crippen LogP contribution in [-0.4, -0.2) is 41.8 Å². The summed E-state index contributed by atoms with van der Waals surface area (Å²) in [7, 11) is 0. The Bertz CT molecular complexity index is 884. The summed E-state index contributed by atoms with van der Waals surface area (Å²) in [5.74, 6) is 1.44. The molecule has 7 heteroatoms. The summed E-state index contributed by atoms with van der Waals surface area (Å²) in [5.41, 5.74) is 2.05. The van der Waals surface area contributed by atoms with Crippen molar-refractivity contribution in [3.05, 3.63) is 59.9 Å². The summed E-state index contributed by atoms with van der Waals surface area (Å²) >= 11 is 0. The van der Waals surface area contributed by atoms with Gasteiger partial charge in [-0.2, -0.15) is 13.2 Å². The van der Waals surface area contributed by atoms with Gasteiger partial charge in [-0.05, 0) is 37.1 Å². The molecular weight excluding hydrogens is 379 g/mol. The van der Waals surface area contributed by atoms with Gasteiger partial charge in [0, 0.05) is 41.8 Å². The minimum Gasteiger partial charge on any atom is -0.491 e. The fourth-order valence-electron chi connectivity index (χ4n) is 4.13. The van der Waals surface area contributed by atoms with Crippen LogP contribution in [0.2, 0.25) is 0 Å². The summed E-state index contributed by atoms with van der Waals surface area (Å²) in [5, 5.41) is 3.50. The van der Waals surface area contributed by atoms with Crippen molar-refractivity contribution in [1.82, 2.24) is 9.88 Å². The summed E-state index contributed by atoms with van der Waals surface area (Å²) in [6.07, 6.45) is 1.11. The lowest BCUT2D eigenvalue weighted by Gasteiger charge is -2.40. The van der Waals surface area contributed by atoms with Crippen molar-refractivity contribution in [2.75, 3.05) is 25.0 Å². The maximum absolute atomic E-state index is 12.7.